The maximum atomic E-state index is 11.8. The smallest absolute Gasteiger partial charge is 0.322 e. The Bertz CT molecular complexity index is 555. The van der Waals surface area contributed by atoms with Gasteiger partial charge in [0.15, 0.2) is 0 Å². The predicted molar refractivity (Wildman–Crippen MR) is 70.7 cm³/mol. The molecule has 1 fully saturated rings. The predicted octanol–water partition coefficient (Wildman–Crippen LogP) is 0.675. The summed E-state index contributed by atoms with van der Waals surface area (Å²) in [5.74, 6) is -0.0370. The van der Waals surface area contributed by atoms with Gasteiger partial charge in [0.25, 0.3) is 5.56 Å². The topological polar surface area (TPSA) is 75.2 Å². The molecule has 0 radical (unpaired) electrons. The lowest BCUT2D eigenvalue weighted by atomic mass is 9.94. The van der Waals surface area contributed by atoms with Crippen molar-refractivity contribution in [1.29, 1.82) is 0 Å². The fourth-order valence-corrected chi connectivity index (χ4v) is 2.58. The van der Waals surface area contributed by atoms with Gasteiger partial charge in [-0.25, -0.2) is 4.79 Å². The molecule has 1 aliphatic carbocycles. The second-order valence-corrected chi connectivity index (χ2v) is 5.00. The molecule has 1 amide bonds. The van der Waals surface area contributed by atoms with Crippen LogP contribution in [0.15, 0.2) is 21.9 Å². The molecular weight excluding hydrogens is 246 g/mol. The Morgan fingerprint density at radius 3 is 2.63 bits per heavy atom. The number of hydrogen-bond acceptors (Lipinski definition) is 3. The number of carbonyl (C=O) groups excluding carboxylic acids is 1. The first kappa shape index (κ1) is 13.6. The van der Waals surface area contributed by atoms with Gasteiger partial charge in [-0.2, -0.15) is 0 Å². The summed E-state index contributed by atoms with van der Waals surface area (Å²) in [5.41, 5.74) is -0.900. The van der Waals surface area contributed by atoms with Gasteiger partial charge in [0.2, 0.25) is 5.91 Å². The van der Waals surface area contributed by atoms with Crippen molar-refractivity contribution in [2.75, 3.05) is 0 Å². The molecule has 1 aliphatic rings. The minimum Gasteiger partial charge on any atom is -0.322 e. The molecular formula is C13H19N3O3. The van der Waals surface area contributed by atoms with Gasteiger partial charge in [-0.15, -0.1) is 0 Å². The minimum atomic E-state index is -0.477. The van der Waals surface area contributed by atoms with E-state index in [1.54, 1.807) is 4.90 Å². The second kappa shape index (κ2) is 5.86. The van der Waals surface area contributed by atoms with E-state index >= 15 is 0 Å². The van der Waals surface area contributed by atoms with Gasteiger partial charge in [0.05, 0.1) is 0 Å². The molecule has 19 heavy (non-hydrogen) atoms. The van der Waals surface area contributed by atoms with Gasteiger partial charge in [0, 0.05) is 25.2 Å². The lowest BCUT2D eigenvalue weighted by molar-refractivity contribution is -0.134. The van der Waals surface area contributed by atoms with Crippen LogP contribution in [0.4, 0.5) is 0 Å². The first-order valence-electron chi connectivity index (χ1n) is 6.65. The van der Waals surface area contributed by atoms with Gasteiger partial charge in [-0.3, -0.25) is 19.1 Å². The normalized spacial score (nSPS) is 16.3. The molecule has 0 bridgehead atoms. The number of carbonyl (C=O) groups is 1. The summed E-state index contributed by atoms with van der Waals surface area (Å²) in [4.78, 5) is 38.4. The SMILES string of the molecule is CC(=O)N(Cn1ccc(=O)[nH]c1=O)C1CCCCC1. The van der Waals surface area contributed by atoms with Crippen LogP contribution in [0, 0.1) is 0 Å². The standard InChI is InChI=1S/C13H19N3O3/c1-10(17)16(11-5-3-2-4-6-11)9-15-8-7-12(18)14-13(15)19/h7-8,11H,2-6,9H2,1H3,(H,14,18,19). The van der Waals surface area contributed by atoms with Gasteiger partial charge >= 0.3 is 5.69 Å². The Labute approximate surface area is 111 Å². The molecule has 104 valence electrons. The zero-order chi connectivity index (χ0) is 13.8. The van der Waals surface area contributed by atoms with Crippen molar-refractivity contribution >= 4 is 5.91 Å². The van der Waals surface area contributed by atoms with E-state index in [9.17, 15) is 14.4 Å². The molecule has 1 N–H and O–H groups in total. The van der Waals surface area contributed by atoms with E-state index in [2.05, 4.69) is 4.98 Å². The second-order valence-electron chi connectivity index (χ2n) is 5.00. The van der Waals surface area contributed by atoms with Crippen molar-refractivity contribution in [2.45, 2.75) is 51.7 Å². The Hall–Kier alpha value is -1.85. The molecule has 6 heteroatoms. The van der Waals surface area contributed by atoms with Crippen LogP contribution >= 0.6 is 0 Å². The molecule has 1 saturated carbocycles. The minimum absolute atomic E-state index is 0.0370. The highest BCUT2D eigenvalue weighted by molar-refractivity contribution is 5.73. The fraction of sp³-hybridized carbons (Fsp3) is 0.615. The number of hydrogen-bond donors (Lipinski definition) is 1. The first-order valence-corrected chi connectivity index (χ1v) is 6.65. The summed E-state index contributed by atoms with van der Waals surface area (Å²) in [6.07, 6.45) is 6.85. The number of rotatable bonds is 3. The van der Waals surface area contributed by atoms with Crippen molar-refractivity contribution in [1.82, 2.24) is 14.5 Å². The van der Waals surface area contributed by atoms with Gasteiger partial charge in [-0.05, 0) is 12.8 Å². The number of nitrogens with zero attached hydrogens (tertiary/aromatic N) is 2. The Kier molecular flexibility index (Phi) is 4.19. The zero-order valence-electron chi connectivity index (χ0n) is 11.1. The third-order valence-electron chi connectivity index (χ3n) is 3.62. The summed E-state index contributed by atoms with van der Waals surface area (Å²) in [7, 11) is 0. The van der Waals surface area contributed by atoms with Crippen LogP contribution in [0.5, 0.6) is 0 Å². The monoisotopic (exact) mass is 265 g/mol. The van der Waals surface area contributed by atoms with Crippen LogP contribution in [0.1, 0.15) is 39.0 Å². The van der Waals surface area contributed by atoms with E-state index in [4.69, 9.17) is 0 Å². The lowest BCUT2D eigenvalue weighted by Crippen LogP contribution is -2.44. The molecule has 0 unspecified atom stereocenters. The molecule has 0 saturated heterocycles. The zero-order valence-corrected chi connectivity index (χ0v) is 11.1. The van der Waals surface area contributed by atoms with Crippen LogP contribution in [0.2, 0.25) is 0 Å². The van der Waals surface area contributed by atoms with Gasteiger partial charge in [-0.1, -0.05) is 19.3 Å². The molecule has 1 heterocycles. The average Bonchev–Trinajstić information content (AvgIpc) is 2.38. The summed E-state index contributed by atoms with van der Waals surface area (Å²) in [6, 6.07) is 1.49. The van der Waals surface area contributed by atoms with Crippen molar-refractivity contribution in [2.24, 2.45) is 0 Å². The number of aromatic amines is 1. The van der Waals surface area contributed by atoms with Crippen molar-refractivity contribution < 1.29 is 4.79 Å². The number of amides is 1. The van der Waals surface area contributed by atoms with E-state index in [0.717, 1.165) is 25.7 Å². The van der Waals surface area contributed by atoms with Crippen LogP contribution in [-0.2, 0) is 11.5 Å². The average molecular weight is 265 g/mol. The Morgan fingerprint density at radius 1 is 1.37 bits per heavy atom. The molecule has 6 nitrogen and oxygen atoms in total. The fourth-order valence-electron chi connectivity index (χ4n) is 2.58. The first-order chi connectivity index (χ1) is 9.08. The van der Waals surface area contributed by atoms with E-state index in [1.165, 1.54) is 30.2 Å². The van der Waals surface area contributed by atoms with Crippen LogP contribution < -0.4 is 11.2 Å². The largest absolute Gasteiger partial charge is 0.329 e. The third-order valence-corrected chi connectivity index (χ3v) is 3.62. The lowest BCUT2D eigenvalue weighted by Gasteiger charge is -2.33. The highest BCUT2D eigenvalue weighted by atomic mass is 16.2. The van der Waals surface area contributed by atoms with E-state index in [1.807, 2.05) is 0 Å². The van der Waals surface area contributed by atoms with Crippen molar-refractivity contribution in [3.05, 3.63) is 33.1 Å². The van der Waals surface area contributed by atoms with Crippen LogP contribution in [-0.4, -0.2) is 26.4 Å². The van der Waals surface area contributed by atoms with Crippen LogP contribution in [0.25, 0.3) is 0 Å². The Morgan fingerprint density at radius 2 is 2.05 bits per heavy atom. The highest BCUT2D eigenvalue weighted by Crippen LogP contribution is 2.22. The van der Waals surface area contributed by atoms with Crippen LogP contribution in [0.3, 0.4) is 0 Å². The maximum Gasteiger partial charge on any atom is 0.329 e. The van der Waals surface area contributed by atoms with E-state index in [0.29, 0.717) is 0 Å². The molecule has 0 aliphatic heterocycles. The van der Waals surface area contributed by atoms with Crippen molar-refractivity contribution in [3.8, 4) is 0 Å². The summed E-state index contributed by atoms with van der Waals surface area (Å²) >= 11 is 0. The molecule has 1 aromatic rings. The number of nitrogens with one attached hydrogen (secondary N) is 1. The number of aromatic nitrogens is 2. The van der Waals surface area contributed by atoms with E-state index in [-0.39, 0.29) is 18.6 Å². The summed E-state index contributed by atoms with van der Waals surface area (Å²) in [5, 5.41) is 0. The summed E-state index contributed by atoms with van der Waals surface area (Å²) < 4.78 is 1.36. The van der Waals surface area contributed by atoms with Crippen molar-refractivity contribution in [3.63, 3.8) is 0 Å². The Balaban J connectivity index is 2.18. The van der Waals surface area contributed by atoms with E-state index < -0.39 is 11.2 Å². The molecule has 2 rings (SSSR count). The number of H-pyrrole nitrogens is 1. The molecule has 0 aromatic carbocycles. The molecule has 0 atom stereocenters. The highest BCUT2D eigenvalue weighted by Gasteiger charge is 2.23. The summed E-state index contributed by atoms with van der Waals surface area (Å²) in [6.45, 7) is 1.72. The maximum absolute atomic E-state index is 11.8. The van der Waals surface area contributed by atoms with Gasteiger partial charge < -0.3 is 4.90 Å². The molecule has 0 spiro atoms. The van der Waals surface area contributed by atoms with Gasteiger partial charge in [0.1, 0.15) is 6.67 Å². The third kappa shape index (κ3) is 3.33. The molecule has 1 aromatic heterocycles. The quantitative estimate of drug-likeness (QED) is 0.873.